The molecule has 1 amide bonds. The summed E-state index contributed by atoms with van der Waals surface area (Å²) in [7, 11) is 1.24. The van der Waals surface area contributed by atoms with Crippen LogP contribution in [0.25, 0.3) is 0 Å². The standard InChI is InChI=1S/C14H26N2O5/c1-3-10(8-9-15)4-6-12(17)16-11(14(19)20)5-7-13(18)21-2/h10-11H,3-9,15H2,1-2H3,(H,16,17)(H,19,20)/t10?,11-/m0/s1. The molecular formula is C14H26N2O5. The van der Waals surface area contributed by atoms with Gasteiger partial charge in [-0.15, -0.1) is 0 Å². The molecule has 0 aromatic heterocycles. The van der Waals surface area contributed by atoms with Crippen LogP contribution in [0.15, 0.2) is 0 Å². The summed E-state index contributed by atoms with van der Waals surface area (Å²) in [5.74, 6) is -1.59. The fourth-order valence-corrected chi connectivity index (χ4v) is 2.01. The van der Waals surface area contributed by atoms with Crippen LogP contribution in [0, 0.1) is 5.92 Å². The van der Waals surface area contributed by atoms with Gasteiger partial charge in [-0.05, 0) is 31.7 Å². The molecule has 0 aliphatic heterocycles. The molecule has 122 valence electrons. The summed E-state index contributed by atoms with van der Waals surface area (Å²) in [6.45, 7) is 2.62. The molecule has 4 N–H and O–H groups in total. The van der Waals surface area contributed by atoms with E-state index in [1.165, 1.54) is 7.11 Å². The number of nitrogens with one attached hydrogen (secondary N) is 1. The molecule has 7 heteroatoms. The van der Waals surface area contributed by atoms with Crippen LogP contribution in [-0.4, -0.2) is 42.6 Å². The van der Waals surface area contributed by atoms with Crippen molar-refractivity contribution in [3.63, 3.8) is 0 Å². The number of rotatable bonds is 11. The Kier molecular flexibility index (Phi) is 10.2. The Hall–Kier alpha value is -1.63. The van der Waals surface area contributed by atoms with Crippen LogP contribution in [0.3, 0.4) is 0 Å². The number of methoxy groups -OCH3 is 1. The number of esters is 1. The highest BCUT2D eigenvalue weighted by Gasteiger charge is 2.21. The van der Waals surface area contributed by atoms with E-state index >= 15 is 0 Å². The molecule has 0 spiro atoms. The molecular weight excluding hydrogens is 276 g/mol. The fourth-order valence-electron chi connectivity index (χ4n) is 2.01. The van der Waals surface area contributed by atoms with Crippen molar-refractivity contribution in [2.75, 3.05) is 13.7 Å². The van der Waals surface area contributed by atoms with E-state index < -0.39 is 18.0 Å². The van der Waals surface area contributed by atoms with Gasteiger partial charge < -0.3 is 20.9 Å². The van der Waals surface area contributed by atoms with Gasteiger partial charge in [-0.2, -0.15) is 0 Å². The van der Waals surface area contributed by atoms with Crippen molar-refractivity contribution in [3.05, 3.63) is 0 Å². The Labute approximate surface area is 125 Å². The number of carboxylic acids is 1. The number of amides is 1. The Morgan fingerprint density at radius 2 is 1.86 bits per heavy atom. The second-order valence-corrected chi connectivity index (χ2v) is 4.96. The topological polar surface area (TPSA) is 119 Å². The Balaban J connectivity index is 4.22. The van der Waals surface area contributed by atoms with Gasteiger partial charge >= 0.3 is 11.9 Å². The zero-order chi connectivity index (χ0) is 16.3. The summed E-state index contributed by atoms with van der Waals surface area (Å²) in [5.41, 5.74) is 5.49. The maximum absolute atomic E-state index is 11.8. The minimum absolute atomic E-state index is 0.0216. The minimum Gasteiger partial charge on any atom is -0.480 e. The first-order chi connectivity index (χ1) is 9.94. The molecule has 0 saturated carbocycles. The van der Waals surface area contributed by atoms with Crippen molar-refractivity contribution >= 4 is 17.8 Å². The number of carbonyl (C=O) groups is 3. The summed E-state index contributed by atoms with van der Waals surface area (Å²) in [6.07, 6.45) is 2.72. The van der Waals surface area contributed by atoms with Gasteiger partial charge in [-0.1, -0.05) is 13.3 Å². The summed E-state index contributed by atoms with van der Waals surface area (Å²) in [6, 6.07) is -1.06. The van der Waals surface area contributed by atoms with Gasteiger partial charge in [0.1, 0.15) is 6.04 Å². The molecule has 21 heavy (non-hydrogen) atoms. The average Bonchev–Trinajstić information content (AvgIpc) is 2.46. The lowest BCUT2D eigenvalue weighted by molar-refractivity contribution is -0.144. The summed E-state index contributed by atoms with van der Waals surface area (Å²) in [5, 5.41) is 11.5. The van der Waals surface area contributed by atoms with Crippen molar-refractivity contribution in [1.29, 1.82) is 0 Å². The summed E-state index contributed by atoms with van der Waals surface area (Å²) in [4.78, 5) is 33.8. The van der Waals surface area contributed by atoms with Crippen LogP contribution in [-0.2, 0) is 19.1 Å². The predicted molar refractivity (Wildman–Crippen MR) is 77.5 cm³/mol. The number of ether oxygens (including phenoxy) is 1. The lowest BCUT2D eigenvalue weighted by Crippen LogP contribution is -2.41. The van der Waals surface area contributed by atoms with Crippen molar-refractivity contribution in [3.8, 4) is 0 Å². The van der Waals surface area contributed by atoms with E-state index in [0.29, 0.717) is 18.9 Å². The van der Waals surface area contributed by atoms with Crippen LogP contribution in [0.5, 0.6) is 0 Å². The van der Waals surface area contributed by atoms with Crippen molar-refractivity contribution in [2.45, 2.75) is 51.5 Å². The zero-order valence-corrected chi connectivity index (χ0v) is 12.8. The minimum atomic E-state index is -1.15. The molecule has 0 aromatic rings. The van der Waals surface area contributed by atoms with Crippen LogP contribution in [0.1, 0.15) is 45.4 Å². The molecule has 0 aromatic carbocycles. The lowest BCUT2D eigenvalue weighted by Gasteiger charge is -2.16. The number of nitrogens with two attached hydrogens (primary N) is 1. The van der Waals surface area contributed by atoms with E-state index in [2.05, 4.69) is 10.1 Å². The van der Waals surface area contributed by atoms with E-state index in [-0.39, 0.29) is 25.2 Å². The van der Waals surface area contributed by atoms with Gasteiger partial charge in [0.05, 0.1) is 7.11 Å². The van der Waals surface area contributed by atoms with Crippen molar-refractivity contribution in [1.82, 2.24) is 5.32 Å². The molecule has 0 radical (unpaired) electrons. The molecule has 0 heterocycles. The molecule has 0 saturated heterocycles. The second-order valence-electron chi connectivity index (χ2n) is 4.96. The normalized spacial score (nSPS) is 13.3. The monoisotopic (exact) mass is 302 g/mol. The third-order valence-corrected chi connectivity index (χ3v) is 3.43. The van der Waals surface area contributed by atoms with E-state index in [4.69, 9.17) is 10.8 Å². The number of carbonyl (C=O) groups excluding carboxylic acids is 2. The fraction of sp³-hybridized carbons (Fsp3) is 0.786. The van der Waals surface area contributed by atoms with Gasteiger partial charge in [0, 0.05) is 12.8 Å². The third-order valence-electron chi connectivity index (χ3n) is 3.43. The van der Waals surface area contributed by atoms with E-state index in [0.717, 1.165) is 12.8 Å². The van der Waals surface area contributed by atoms with E-state index in [1.54, 1.807) is 0 Å². The summed E-state index contributed by atoms with van der Waals surface area (Å²) >= 11 is 0. The summed E-state index contributed by atoms with van der Waals surface area (Å²) < 4.78 is 4.45. The Morgan fingerprint density at radius 1 is 1.19 bits per heavy atom. The zero-order valence-electron chi connectivity index (χ0n) is 12.8. The number of carboxylic acid groups (broad SMARTS) is 1. The maximum Gasteiger partial charge on any atom is 0.326 e. The first kappa shape index (κ1) is 19.4. The SMILES string of the molecule is CCC(CCN)CCC(=O)N[C@@H](CCC(=O)OC)C(=O)O. The lowest BCUT2D eigenvalue weighted by atomic mass is 9.96. The van der Waals surface area contributed by atoms with Gasteiger partial charge in [0.25, 0.3) is 0 Å². The van der Waals surface area contributed by atoms with Crippen LogP contribution < -0.4 is 11.1 Å². The highest BCUT2D eigenvalue weighted by Crippen LogP contribution is 2.14. The Bertz CT molecular complexity index is 346. The Morgan fingerprint density at radius 3 is 2.33 bits per heavy atom. The predicted octanol–water partition coefficient (Wildman–Crippen LogP) is 0.664. The molecule has 0 aliphatic rings. The van der Waals surface area contributed by atoms with Crippen LogP contribution >= 0.6 is 0 Å². The first-order valence-corrected chi connectivity index (χ1v) is 7.23. The smallest absolute Gasteiger partial charge is 0.326 e. The first-order valence-electron chi connectivity index (χ1n) is 7.23. The van der Waals surface area contributed by atoms with Crippen molar-refractivity contribution in [2.24, 2.45) is 11.7 Å². The molecule has 0 fully saturated rings. The molecule has 0 bridgehead atoms. The largest absolute Gasteiger partial charge is 0.480 e. The molecule has 2 atom stereocenters. The van der Waals surface area contributed by atoms with E-state index in [9.17, 15) is 14.4 Å². The number of hydrogen-bond acceptors (Lipinski definition) is 5. The van der Waals surface area contributed by atoms with Gasteiger partial charge in [-0.3, -0.25) is 9.59 Å². The highest BCUT2D eigenvalue weighted by atomic mass is 16.5. The molecule has 0 rings (SSSR count). The molecule has 0 aliphatic carbocycles. The third kappa shape index (κ3) is 9.01. The van der Waals surface area contributed by atoms with Crippen LogP contribution in [0.2, 0.25) is 0 Å². The quantitative estimate of drug-likeness (QED) is 0.482. The van der Waals surface area contributed by atoms with Gasteiger partial charge in [0.2, 0.25) is 5.91 Å². The van der Waals surface area contributed by atoms with Crippen LogP contribution in [0.4, 0.5) is 0 Å². The van der Waals surface area contributed by atoms with Gasteiger partial charge in [0.15, 0.2) is 0 Å². The molecule has 7 nitrogen and oxygen atoms in total. The average molecular weight is 302 g/mol. The maximum atomic E-state index is 11.8. The number of hydrogen-bond donors (Lipinski definition) is 3. The van der Waals surface area contributed by atoms with E-state index in [1.807, 2.05) is 6.92 Å². The number of aliphatic carboxylic acids is 1. The van der Waals surface area contributed by atoms with Crippen molar-refractivity contribution < 1.29 is 24.2 Å². The van der Waals surface area contributed by atoms with Gasteiger partial charge in [-0.25, -0.2) is 4.79 Å². The molecule has 1 unspecified atom stereocenters. The highest BCUT2D eigenvalue weighted by molar-refractivity contribution is 5.84. The second kappa shape index (κ2) is 11.1.